The Balaban J connectivity index is 1.71. The van der Waals surface area contributed by atoms with Gasteiger partial charge in [0.1, 0.15) is 11.5 Å². The molecule has 1 aromatic carbocycles. The number of primary amides is 1. The number of hydrogen-bond acceptors (Lipinski definition) is 4. The Kier molecular flexibility index (Phi) is 4.44. The average Bonchev–Trinajstić information content (AvgIpc) is 3.21. The summed E-state index contributed by atoms with van der Waals surface area (Å²) in [7, 11) is 1.65. The van der Waals surface area contributed by atoms with E-state index in [0.29, 0.717) is 30.0 Å². The Morgan fingerprint density at radius 2 is 2.14 bits per heavy atom. The minimum absolute atomic E-state index is 0.296. The lowest BCUT2D eigenvalue weighted by Gasteiger charge is -2.17. The highest BCUT2D eigenvalue weighted by Gasteiger charge is 2.42. The number of likely N-dealkylation sites (N-methyl/N-ethyl adjacent to an activating group) is 1. The van der Waals surface area contributed by atoms with Crippen molar-refractivity contribution in [1.82, 2.24) is 14.5 Å². The lowest BCUT2D eigenvalue weighted by atomic mass is 10.0. The van der Waals surface area contributed by atoms with Crippen LogP contribution in [0.15, 0.2) is 24.3 Å². The molecule has 0 saturated carbocycles. The zero-order valence-corrected chi connectivity index (χ0v) is 15.7. The molecule has 2 aliphatic rings. The number of nitrogens with zero attached hydrogens (tertiary/aromatic N) is 3. The predicted molar refractivity (Wildman–Crippen MR) is 103 cm³/mol. The van der Waals surface area contributed by atoms with Crippen LogP contribution in [0.4, 0.5) is 0 Å². The van der Waals surface area contributed by atoms with Gasteiger partial charge in [-0.15, -0.1) is 0 Å². The number of amides is 2. The molecule has 28 heavy (non-hydrogen) atoms. The van der Waals surface area contributed by atoms with E-state index in [4.69, 9.17) is 5.73 Å². The van der Waals surface area contributed by atoms with Crippen LogP contribution in [0, 0.1) is 11.8 Å². The fourth-order valence-electron chi connectivity index (χ4n) is 3.84. The number of hydrogen-bond donors (Lipinski definition) is 2. The number of benzene rings is 1. The van der Waals surface area contributed by atoms with Crippen molar-refractivity contribution in [3.8, 4) is 23.2 Å². The molecule has 1 aromatic heterocycles. The second kappa shape index (κ2) is 6.80. The maximum absolute atomic E-state index is 12.1. The van der Waals surface area contributed by atoms with Gasteiger partial charge in [0, 0.05) is 37.7 Å². The van der Waals surface area contributed by atoms with Gasteiger partial charge in [-0.05, 0) is 31.4 Å². The SMILES string of the molecule is CN1CCC(O)(C#Cc2cccc(-c3nc(C(N)=O)c4n3CCCC4)c2)C1=O. The van der Waals surface area contributed by atoms with Crippen molar-refractivity contribution in [1.29, 1.82) is 0 Å². The van der Waals surface area contributed by atoms with E-state index in [-0.39, 0.29) is 5.91 Å². The number of imidazole rings is 1. The number of nitrogens with two attached hydrogens (primary N) is 1. The molecule has 7 nitrogen and oxygen atoms in total. The third-order valence-corrected chi connectivity index (χ3v) is 5.40. The predicted octanol–water partition coefficient (Wildman–Crippen LogP) is 0.930. The maximum atomic E-state index is 12.1. The standard InChI is InChI=1S/C21H22N4O3/c1-24-12-10-21(28,20(24)27)9-8-14-5-4-6-15(13-14)19-23-17(18(22)26)16-7-2-3-11-25(16)19/h4-6,13,28H,2-3,7,10-12H2,1H3,(H2,22,26). The van der Waals surface area contributed by atoms with E-state index >= 15 is 0 Å². The highest BCUT2D eigenvalue weighted by atomic mass is 16.3. The summed E-state index contributed by atoms with van der Waals surface area (Å²) in [5.74, 6) is 5.46. The molecule has 4 rings (SSSR count). The lowest BCUT2D eigenvalue weighted by molar-refractivity contribution is -0.137. The fraction of sp³-hybridized carbons (Fsp3) is 0.381. The van der Waals surface area contributed by atoms with Crippen LogP contribution in [0.1, 0.15) is 41.0 Å². The van der Waals surface area contributed by atoms with Gasteiger partial charge in [0.25, 0.3) is 11.8 Å². The summed E-state index contributed by atoms with van der Waals surface area (Å²) in [5.41, 5.74) is 6.60. The first-order valence-corrected chi connectivity index (χ1v) is 9.40. The lowest BCUT2D eigenvalue weighted by Crippen LogP contribution is -2.37. The van der Waals surface area contributed by atoms with Crippen molar-refractivity contribution in [3.05, 3.63) is 41.2 Å². The van der Waals surface area contributed by atoms with Crippen molar-refractivity contribution < 1.29 is 14.7 Å². The quantitative estimate of drug-likeness (QED) is 0.759. The van der Waals surface area contributed by atoms with Crippen LogP contribution in [0.3, 0.4) is 0 Å². The largest absolute Gasteiger partial charge is 0.369 e. The summed E-state index contributed by atoms with van der Waals surface area (Å²) in [5, 5.41) is 10.5. The van der Waals surface area contributed by atoms with Crippen molar-refractivity contribution in [2.24, 2.45) is 5.73 Å². The zero-order chi connectivity index (χ0) is 19.9. The van der Waals surface area contributed by atoms with Crippen molar-refractivity contribution in [2.45, 2.75) is 37.8 Å². The summed E-state index contributed by atoms with van der Waals surface area (Å²) in [4.78, 5) is 29.9. The molecule has 1 unspecified atom stereocenters. The number of aromatic nitrogens is 2. The molecule has 1 fully saturated rings. The van der Waals surface area contributed by atoms with Crippen LogP contribution in [-0.2, 0) is 17.8 Å². The minimum atomic E-state index is -1.63. The average molecular weight is 378 g/mol. The third-order valence-electron chi connectivity index (χ3n) is 5.40. The smallest absolute Gasteiger partial charge is 0.269 e. The molecule has 3 N–H and O–H groups in total. The first kappa shape index (κ1) is 18.3. The molecule has 0 spiro atoms. The molecule has 7 heteroatoms. The normalized spacial score (nSPS) is 21.2. The van der Waals surface area contributed by atoms with E-state index in [1.807, 2.05) is 24.3 Å². The van der Waals surface area contributed by atoms with Crippen molar-refractivity contribution >= 4 is 11.8 Å². The van der Waals surface area contributed by atoms with Gasteiger partial charge in [-0.3, -0.25) is 9.59 Å². The second-order valence-corrected chi connectivity index (χ2v) is 7.37. The Hall–Kier alpha value is -3.11. The number of carbonyl (C=O) groups excluding carboxylic acids is 2. The Morgan fingerprint density at radius 3 is 2.86 bits per heavy atom. The first-order chi connectivity index (χ1) is 13.4. The summed E-state index contributed by atoms with van der Waals surface area (Å²) < 4.78 is 2.05. The molecule has 1 saturated heterocycles. The van der Waals surface area contributed by atoms with Crippen LogP contribution >= 0.6 is 0 Å². The summed E-state index contributed by atoms with van der Waals surface area (Å²) in [6.45, 7) is 1.28. The molecular weight excluding hydrogens is 356 g/mol. The molecule has 0 radical (unpaired) electrons. The summed E-state index contributed by atoms with van der Waals surface area (Å²) >= 11 is 0. The van der Waals surface area contributed by atoms with Gasteiger partial charge in [0.15, 0.2) is 0 Å². The Bertz CT molecular complexity index is 1030. The Labute approximate surface area is 163 Å². The molecule has 0 aliphatic carbocycles. The van der Waals surface area contributed by atoms with Gasteiger partial charge < -0.3 is 20.3 Å². The van der Waals surface area contributed by atoms with Crippen LogP contribution in [0.25, 0.3) is 11.4 Å². The van der Waals surface area contributed by atoms with E-state index in [1.54, 1.807) is 7.05 Å². The van der Waals surface area contributed by atoms with E-state index in [1.165, 1.54) is 4.90 Å². The van der Waals surface area contributed by atoms with Crippen LogP contribution < -0.4 is 5.73 Å². The topological polar surface area (TPSA) is 101 Å². The van der Waals surface area contributed by atoms with Crippen LogP contribution in [0.2, 0.25) is 0 Å². The van der Waals surface area contributed by atoms with Gasteiger partial charge >= 0.3 is 0 Å². The highest BCUT2D eigenvalue weighted by molar-refractivity contribution is 5.93. The van der Waals surface area contributed by atoms with Crippen LogP contribution in [-0.4, -0.2) is 50.6 Å². The molecular formula is C21H22N4O3. The molecule has 3 heterocycles. The molecule has 2 amide bonds. The fourth-order valence-corrected chi connectivity index (χ4v) is 3.84. The summed E-state index contributed by atoms with van der Waals surface area (Å²) in [6, 6.07) is 7.43. The van der Waals surface area contributed by atoms with E-state index < -0.39 is 11.5 Å². The van der Waals surface area contributed by atoms with Gasteiger partial charge in [-0.1, -0.05) is 24.0 Å². The first-order valence-electron chi connectivity index (χ1n) is 9.40. The van der Waals surface area contributed by atoms with Crippen molar-refractivity contribution in [2.75, 3.05) is 13.6 Å². The molecule has 2 aliphatic heterocycles. The number of rotatable bonds is 2. The second-order valence-electron chi connectivity index (χ2n) is 7.37. The van der Waals surface area contributed by atoms with E-state index in [9.17, 15) is 14.7 Å². The van der Waals surface area contributed by atoms with Gasteiger partial charge in [-0.2, -0.15) is 0 Å². The number of likely N-dealkylation sites (tertiary alicyclic amines) is 1. The number of carbonyl (C=O) groups is 2. The molecule has 2 aromatic rings. The monoisotopic (exact) mass is 378 g/mol. The van der Waals surface area contributed by atoms with Gasteiger partial charge in [-0.25, -0.2) is 4.98 Å². The Morgan fingerprint density at radius 1 is 1.32 bits per heavy atom. The maximum Gasteiger partial charge on any atom is 0.269 e. The molecule has 0 bridgehead atoms. The minimum Gasteiger partial charge on any atom is -0.369 e. The number of aliphatic hydroxyl groups is 1. The van der Waals surface area contributed by atoms with Gasteiger partial charge in [0.05, 0.1) is 5.69 Å². The van der Waals surface area contributed by atoms with E-state index in [2.05, 4.69) is 21.4 Å². The number of fused-ring (bicyclic) bond motifs is 1. The van der Waals surface area contributed by atoms with Crippen LogP contribution in [0.5, 0.6) is 0 Å². The highest BCUT2D eigenvalue weighted by Crippen LogP contribution is 2.28. The molecule has 1 atom stereocenters. The molecule has 144 valence electrons. The summed E-state index contributed by atoms with van der Waals surface area (Å²) in [6.07, 6.45) is 3.12. The third kappa shape index (κ3) is 3.06. The zero-order valence-electron chi connectivity index (χ0n) is 15.7. The van der Waals surface area contributed by atoms with Gasteiger partial charge in [0.2, 0.25) is 5.60 Å². The van der Waals surface area contributed by atoms with Crippen molar-refractivity contribution in [3.63, 3.8) is 0 Å². The van der Waals surface area contributed by atoms with E-state index in [0.717, 1.165) is 37.1 Å².